The van der Waals surface area contributed by atoms with Crippen molar-refractivity contribution >= 4 is 147 Å². The number of hydroxylamine groups is 4. The second-order valence-electron chi connectivity index (χ2n) is 32.0. The predicted octanol–water partition coefficient (Wildman–Crippen LogP) is 11.1. The monoisotopic (exact) mass is 1920 g/mol. The first-order valence-corrected chi connectivity index (χ1v) is 48.2. The lowest BCUT2D eigenvalue weighted by molar-refractivity contribution is -0.217. The zero-order chi connectivity index (χ0) is 91.8. The number of rotatable bonds is 42. The molecular weight excluding hydrogens is 1820 g/mol. The average molecular weight is 1930 g/mol. The molecule has 0 aliphatic carbocycles. The average Bonchev–Trinajstić information content (AvgIpc) is 0.997. The van der Waals surface area contributed by atoms with Gasteiger partial charge in [-0.1, -0.05) is 106 Å². The summed E-state index contributed by atoms with van der Waals surface area (Å²) in [4.78, 5) is 112. The number of carbonyl (C=O) groups is 8. The summed E-state index contributed by atoms with van der Waals surface area (Å²) in [5.41, 5.74) is 11.5. The number of imide groups is 2. The number of amides is 5. The lowest BCUT2D eigenvalue weighted by Gasteiger charge is -2.33. The molecule has 5 amide bonds. The number of halogens is 6. The molecule has 4 N–H and O–H groups in total. The first-order valence-electron chi connectivity index (χ1n) is 41.1. The third kappa shape index (κ3) is 28.7. The van der Waals surface area contributed by atoms with Gasteiger partial charge in [0.05, 0.1) is 85.7 Å². The number of sulfonamides is 1. The standard InChI is InChI=1S/C51H64Cl4N4O10S2.C23H30Cl2N2O4S.C13H14N2O8/c1-51(2,49(60)7-5-18-66-22-25-69-21-17-57-71(64,65)40-14-10-36(11-15-40)44-32-59(4)34-46-42(44)28-38(53)30-48(46)55)50(61)56-16-20-68-24-23-67-19-6-26-70(62,63)39-12-8-35(9-13-39)43-31-58(3)33-45-41(43)27-37(52)29-47(45)54;1-27-15-21(20-13-18(24)14-23(25)22(20)16-27)17-3-5-19(6-4-17)32(28,29)12-2-8-30-10-11-31-9-7-26;1-13(2,11(20)22-14-7(16)3-4-8(14)17)12(21)23-15-9(18)5-6-10(15)19/h8-15,27-30,43-44,57H,5-7,16-26,31-34H2,1-4H3,(H,56,61);3-6,13-14,21H,2,7-12,15-16,26H2,1H3;3-6H2,1-2H3. The first kappa shape index (κ1) is 103. The minimum absolute atomic E-state index is 0.00562. The van der Waals surface area contributed by atoms with E-state index in [0.717, 1.165) is 90.1 Å². The van der Waals surface area contributed by atoms with E-state index in [0.29, 0.717) is 117 Å². The van der Waals surface area contributed by atoms with Crippen LogP contribution in [0.1, 0.15) is 147 Å². The molecule has 6 aromatic carbocycles. The number of sulfone groups is 2. The highest BCUT2D eigenvalue weighted by Gasteiger charge is 2.47. The number of carbonyl (C=O) groups excluding carboxylic acids is 8. The fourth-order valence-corrected chi connectivity index (χ4v) is 19.7. The molecule has 30 nitrogen and oxygen atoms in total. The highest BCUT2D eigenvalue weighted by molar-refractivity contribution is 7.91. The van der Waals surface area contributed by atoms with Gasteiger partial charge in [-0.3, -0.25) is 28.8 Å². The summed E-state index contributed by atoms with van der Waals surface area (Å²) < 4.78 is 113. The van der Waals surface area contributed by atoms with Crippen LogP contribution in [0.15, 0.2) is 124 Å². The number of hydrogen-bond acceptors (Lipinski definition) is 26. The maximum absolute atomic E-state index is 13.1. The SMILES string of the molecule is CC(C)(C(=O)ON1C(=O)CCC1=O)C(=O)ON1C(=O)CCC1=O.CN1Cc2c(Cl)cc(Cl)cc2C(c2ccc(S(=O)(=O)CCCOCCOCCN)cc2)C1.CN1Cc2c(Cl)cc(Cl)cc2C(c2ccc(S(=O)(=O)CCCOCCOCCNC(=O)C(C)(C)C(=O)CCCOCCOCCNS(=O)(=O)c3ccc(C4CN(C)Cc5c(Cl)cc(Cl)cc54)cc3)cc2)C1. The molecule has 3 atom stereocenters. The number of nitrogens with zero attached hydrogens (tertiary/aromatic N) is 5. The van der Waals surface area contributed by atoms with E-state index >= 15 is 0 Å². The number of ether oxygens (including phenoxy) is 6. The van der Waals surface area contributed by atoms with Crippen LogP contribution in [0.4, 0.5) is 0 Å². The van der Waals surface area contributed by atoms with Gasteiger partial charge in [0.25, 0.3) is 23.6 Å². The lowest BCUT2D eigenvalue weighted by Crippen LogP contribution is -2.45. The molecule has 6 aromatic rings. The Labute approximate surface area is 765 Å². The molecule has 3 unspecified atom stereocenters. The highest BCUT2D eigenvalue weighted by atomic mass is 35.5. The Morgan fingerprint density at radius 3 is 1.09 bits per heavy atom. The van der Waals surface area contributed by atoms with Gasteiger partial charge in [0.2, 0.25) is 15.9 Å². The van der Waals surface area contributed by atoms with Crippen LogP contribution in [-0.4, -0.2) is 249 Å². The fourth-order valence-electron chi connectivity index (χ4n) is 14.4. The van der Waals surface area contributed by atoms with Gasteiger partial charge in [-0.2, -0.15) is 0 Å². The van der Waals surface area contributed by atoms with Crippen molar-refractivity contribution < 1.29 is 102 Å². The Balaban J connectivity index is 0.000000265. The van der Waals surface area contributed by atoms with Crippen LogP contribution >= 0.6 is 69.6 Å². The number of Topliss-reactive ketones (excluding diaryl/α,β-unsaturated/α-hetero) is 1. The van der Waals surface area contributed by atoms with Crippen LogP contribution in [0.25, 0.3) is 0 Å². The van der Waals surface area contributed by atoms with E-state index in [4.69, 9.17) is 104 Å². The Morgan fingerprint density at radius 2 is 0.738 bits per heavy atom. The van der Waals surface area contributed by atoms with Crippen LogP contribution < -0.4 is 15.8 Å². The molecule has 5 aliphatic heterocycles. The summed E-state index contributed by atoms with van der Waals surface area (Å²) in [7, 11) is -4.56. The van der Waals surface area contributed by atoms with Gasteiger partial charge < -0.3 is 63.8 Å². The number of hydrogen-bond donors (Lipinski definition) is 3. The number of likely N-dealkylation sites (N-methyl/N-ethyl adjacent to an activating group) is 3. The number of nitrogens with two attached hydrogens (primary N) is 1. The van der Waals surface area contributed by atoms with Crippen molar-refractivity contribution in [1.29, 1.82) is 0 Å². The van der Waals surface area contributed by atoms with Crippen molar-refractivity contribution in [2.24, 2.45) is 16.6 Å². The van der Waals surface area contributed by atoms with E-state index in [9.17, 15) is 63.6 Å². The van der Waals surface area contributed by atoms with Crippen molar-refractivity contribution in [3.05, 3.63) is 189 Å². The number of nitrogens with one attached hydrogen (secondary N) is 2. The van der Waals surface area contributed by atoms with E-state index in [1.165, 1.54) is 0 Å². The summed E-state index contributed by atoms with van der Waals surface area (Å²) in [6, 6.07) is 32.1. The molecule has 39 heteroatoms. The maximum atomic E-state index is 13.1. The van der Waals surface area contributed by atoms with Gasteiger partial charge in [-0.05, 0) is 191 Å². The first-order chi connectivity index (χ1) is 59.7. The summed E-state index contributed by atoms with van der Waals surface area (Å²) in [5, 5.41) is 7.00. The van der Waals surface area contributed by atoms with E-state index < -0.39 is 82.0 Å². The van der Waals surface area contributed by atoms with Crippen LogP contribution in [0.3, 0.4) is 0 Å². The Morgan fingerprint density at radius 1 is 0.421 bits per heavy atom. The number of benzene rings is 6. The zero-order valence-electron chi connectivity index (χ0n) is 71.3. The molecule has 0 aromatic heterocycles. The van der Waals surface area contributed by atoms with E-state index in [2.05, 4.69) is 34.4 Å². The number of fused-ring (bicyclic) bond motifs is 3. The molecule has 0 bridgehead atoms. The minimum Gasteiger partial charge on any atom is -0.379 e. The minimum atomic E-state index is -3.76. The summed E-state index contributed by atoms with van der Waals surface area (Å²) >= 11 is 38.4. The second kappa shape index (κ2) is 47.6. The van der Waals surface area contributed by atoms with Crippen LogP contribution in [0.2, 0.25) is 30.1 Å². The van der Waals surface area contributed by atoms with E-state index in [1.807, 2.05) is 75.7 Å². The second-order valence-corrected chi connectivity index (χ2v) is 40.5. The summed E-state index contributed by atoms with van der Waals surface area (Å²) in [6.07, 6.45) is 0.960. The maximum Gasteiger partial charge on any atom is 0.349 e. The Bertz CT molecular complexity index is 4930. The lowest BCUT2D eigenvalue weighted by atomic mass is 9.84. The highest BCUT2D eigenvalue weighted by Crippen LogP contribution is 2.43. The molecule has 0 saturated carbocycles. The normalized spacial score (nSPS) is 17.1. The predicted molar refractivity (Wildman–Crippen MR) is 475 cm³/mol. The Kier molecular flexibility index (Phi) is 38.7. The molecule has 688 valence electrons. The Hall–Kier alpha value is -7.17. The van der Waals surface area contributed by atoms with Gasteiger partial charge >= 0.3 is 11.9 Å². The molecule has 126 heavy (non-hydrogen) atoms. The molecule has 5 aliphatic rings. The van der Waals surface area contributed by atoms with Crippen LogP contribution in [0, 0.1) is 10.8 Å². The van der Waals surface area contributed by atoms with E-state index in [-0.39, 0.29) is 136 Å². The van der Waals surface area contributed by atoms with Gasteiger partial charge in [0.15, 0.2) is 25.1 Å². The molecule has 5 heterocycles. The van der Waals surface area contributed by atoms with Crippen molar-refractivity contribution in [1.82, 2.24) is 34.9 Å². The summed E-state index contributed by atoms with van der Waals surface area (Å²) in [6.45, 7) is 14.3. The molecular formula is C87H108Cl6N8O22S3. The van der Waals surface area contributed by atoms with Crippen LogP contribution in [0.5, 0.6) is 0 Å². The van der Waals surface area contributed by atoms with Crippen LogP contribution in [-0.2, 0) is 126 Å². The van der Waals surface area contributed by atoms with Crippen molar-refractivity contribution in [2.75, 3.05) is 151 Å². The number of ketones is 1. The van der Waals surface area contributed by atoms with Crippen molar-refractivity contribution in [3.8, 4) is 0 Å². The van der Waals surface area contributed by atoms with Crippen molar-refractivity contribution in [3.63, 3.8) is 0 Å². The zero-order valence-corrected chi connectivity index (χ0v) is 78.3. The quantitative estimate of drug-likeness (QED) is 0.0182. The molecule has 0 radical (unpaired) electrons. The smallest absolute Gasteiger partial charge is 0.349 e. The van der Waals surface area contributed by atoms with Gasteiger partial charge in [0, 0.05) is 159 Å². The third-order valence-corrected chi connectivity index (χ3v) is 28.3. The van der Waals surface area contributed by atoms with Crippen molar-refractivity contribution in [2.45, 2.75) is 131 Å². The molecule has 0 spiro atoms. The van der Waals surface area contributed by atoms with Gasteiger partial charge in [-0.25, -0.2) is 39.6 Å². The molecule has 2 saturated heterocycles. The fraction of sp³-hybridized carbons (Fsp3) is 0.494. The molecule has 11 rings (SSSR count). The van der Waals surface area contributed by atoms with Gasteiger partial charge in [-0.15, -0.1) is 10.1 Å². The van der Waals surface area contributed by atoms with E-state index in [1.54, 1.807) is 68.4 Å². The summed E-state index contributed by atoms with van der Waals surface area (Å²) in [5.74, 6) is -5.79. The third-order valence-electron chi connectivity index (χ3n) is 21.5. The van der Waals surface area contributed by atoms with Gasteiger partial charge in [0.1, 0.15) is 11.2 Å². The largest absolute Gasteiger partial charge is 0.379 e. The molecule has 2 fully saturated rings. The topological polar surface area (TPSA) is 379 Å².